The molecule has 2 heterocycles. The van der Waals surface area contributed by atoms with Crippen LogP contribution in [0.4, 0.5) is 0 Å². The minimum atomic E-state index is -0.216. The van der Waals surface area contributed by atoms with Crippen LogP contribution in [0.2, 0.25) is 0 Å². The Morgan fingerprint density at radius 2 is 2.23 bits per heavy atom. The van der Waals surface area contributed by atoms with Crippen LogP contribution in [0.3, 0.4) is 0 Å². The third kappa shape index (κ3) is 3.47. The zero-order valence-corrected chi connectivity index (χ0v) is 13.5. The predicted molar refractivity (Wildman–Crippen MR) is 88.7 cm³/mol. The highest BCUT2D eigenvalue weighted by Crippen LogP contribution is 2.26. The third-order valence-electron chi connectivity index (χ3n) is 4.19. The van der Waals surface area contributed by atoms with Crippen LogP contribution in [0.5, 0.6) is 0 Å². The first-order valence-electron chi connectivity index (χ1n) is 7.59. The van der Waals surface area contributed by atoms with Gasteiger partial charge in [-0.05, 0) is 37.3 Å². The fourth-order valence-electron chi connectivity index (χ4n) is 2.83. The Morgan fingerprint density at radius 1 is 1.41 bits per heavy atom. The Morgan fingerprint density at radius 3 is 2.95 bits per heavy atom. The van der Waals surface area contributed by atoms with Gasteiger partial charge in [0.25, 0.3) is 0 Å². The monoisotopic (exact) mass is 316 g/mol. The summed E-state index contributed by atoms with van der Waals surface area (Å²) in [5.74, 6) is 0.132. The Bertz CT molecular complexity index is 677. The van der Waals surface area contributed by atoms with Crippen molar-refractivity contribution >= 4 is 33.2 Å². The van der Waals surface area contributed by atoms with Crippen molar-refractivity contribution in [2.24, 2.45) is 0 Å². The second-order valence-corrected chi connectivity index (χ2v) is 7.30. The van der Waals surface area contributed by atoms with Gasteiger partial charge in [0.05, 0.1) is 6.54 Å². The predicted octanol–water partition coefficient (Wildman–Crippen LogP) is 2.97. The summed E-state index contributed by atoms with van der Waals surface area (Å²) in [7, 11) is 0. The van der Waals surface area contributed by atoms with Crippen LogP contribution in [0.15, 0.2) is 30.3 Å². The summed E-state index contributed by atoms with van der Waals surface area (Å²) in [6, 6.07) is 10.3. The molecule has 1 atom stereocenters. The summed E-state index contributed by atoms with van der Waals surface area (Å²) < 4.78 is 1.24. The van der Waals surface area contributed by atoms with E-state index in [0.29, 0.717) is 25.8 Å². The third-order valence-corrected chi connectivity index (χ3v) is 5.30. The molecule has 4 nitrogen and oxygen atoms in total. The van der Waals surface area contributed by atoms with Gasteiger partial charge in [0.15, 0.2) is 0 Å². The molecule has 2 aromatic rings. The zero-order chi connectivity index (χ0) is 15.6. The average molecular weight is 316 g/mol. The molecule has 0 bridgehead atoms. The lowest BCUT2D eigenvalue weighted by Crippen LogP contribution is -2.39. The standard InChI is InChI=1S/C17H20N2O2S/c1-17(9-7-16(21)19-17)8-6-15(20)18-11-13-10-12-4-2-3-5-14(12)22-13/h2-5,10H,6-9,11H2,1H3,(H,18,20)(H,19,21). The molecule has 22 heavy (non-hydrogen) atoms. The smallest absolute Gasteiger partial charge is 0.220 e. The average Bonchev–Trinajstić information content (AvgIpc) is 3.06. The number of thiophene rings is 1. The molecule has 3 rings (SSSR count). The largest absolute Gasteiger partial charge is 0.351 e. The van der Waals surface area contributed by atoms with Crippen LogP contribution in [-0.4, -0.2) is 17.4 Å². The van der Waals surface area contributed by atoms with Gasteiger partial charge in [-0.15, -0.1) is 11.3 Å². The molecule has 5 heteroatoms. The second kappa shape index (κ2) is 6.08. The number of carbonyl (C=O) groups excluding carboxylic acids is 2. The van der Waals surface area contributed by atoms with Crippen LogP contribution in [-0.2, 0) is 16.1 Å². The highest BCUT2D eigenvalue weighted by atomic mass is 32.1. The van der Waals surface area contributed by atoms with E-state index in [9.17, 15) is 9.59 Å². The lowest BCUT2D eigenvalue weighted by atomic mass is 9.94. The van der Waals surface area contributed by atoms with Gasteiger partial charge in [-0.3, -0.25) is 9.59 Å². The van der Waals surface area contributed by atoms with Crippen molar-refractivity contribution in [3.63, 3.8) is 0 Å². The van der Waals surface area contributed by atoms with E-state index in [1.165, 1.54) is 10.1 Å². The van der Waals surface area contributed by atoms with Crippen molar-refractivity contribution in [2.45, 2.75) is 44.7 Å². The Hall–Kier alpha value is -1.88. The number of nitrogens with one attached hydrogen (secondary N) is 2. The summed E-state index contributed by atoms with van der Waals surface area (Å²) in [5, 5.41) is 7.15. The molecule has 1 aliphatic rings. The number of benzene rings is 1. The summed E-state index contributed by atoms with van der Waals surface area (Å²) in [6.45, 7) is 2.58. The van der Waals surface area contributed by atoms with E-state index in [1.54, 1.807) is 11.3 Å². The van der Waals surface area contributed by atoms with Crippen LogP contribution in [0, 0.1) is 0 Å². The fourth-order valence-corrected chi connectivity index (χ4v) is 3.83. The molecule has 2 amide bonds. The van der Waals surface area contributed by atoms with E-state index < -0.39 is 0 Å². The molecular formula is C17H20N2O2S. The highest BCUT2D eigenvalue weighted by molar-refractivity contribution is 7.19. The minimum absolute atomic E-state index is 0.0415. The maximum absolute atomic E-state index is 12.0. The van der Waals surface area contributed by atoms with Crippen molar-refractivity contribution in [3.05, 3.63) is 35.2 Å². The Balaban J connectivity index is 1.49. The normalized spacial score (nSPS) is 21.0. The fraction of sp³-hybridized carbons (Fsp3) is 0.412. The number of fused-ring (bicyclic) bond motifs is 1. The number of hydrogen-bond donors (Lipinski definition) is 2. The molecule has 1 unspecified atom stereocenters. The first-order chi connectivity index (χ1) is 10.5. The van der Waals surface area contributed by atoms with Crippen molar-refractivity contribution in [1.29, 1.82) is 0 Å². The van der Waals surface area contributed by atoms with E-state index in [4.69, 9.17) is 0 Å². The summed E-state index contributed by atoms with van der Waals surface area (Å²) in [5.41, 5.74) is -0.216. The van der Waals surface area contributed by atoms with E-state index in [1.807, 2.05) is 19.1 Å². The lowest BCUT2D eigenvalue weighted by molar-refractivity contribution is -0.122. The van der Waals surface area contributed by atoms with Crippen molar-refractivity contribution in [2.75, 3.05) is 0 Å². The maximum Gasteiger partial charge on any atom is 0.220 e. The van der Waals surface area contributed by atoms with Crippen LogP contribution < -0.4 is 10.6 Å². The lowest BCUT2D eigenvalue weighted by Gasteiger charge is -2.23. The van der Waals surface area contributed by atoms with Gasteiger partial charge in [0, 0.05) is 28.0 Å². The van der Waals surface area contributed by atoms with Gasteiger partial charge < -0.3 is 10.6 Å². The molecule has 1 aromatic heterocycles. The molecule has 1 fully saturated rings. The summed E-state index contributed by atoms with van der Waals surface area (Å²) >= 11 is 1.71. The van der Waals surface area contributed by atoms with E-state index in [2.05, 4.69) is 28.8 Å². The Labute approximate surface area is 133 Å². The molecule has 1 saturated heterocycles. The van der Waals surface area contributed by atoms with Gasteiger partial charge in [0.1, 0.15) is 0 Å². The molecule has 1 aromatic carbocycles. The van der Waals surface area contributed by atoms with E-state index in [0.717, 1.165) is 11.3 Å². The first-order valence-corrected chi connectivity index (χ1v) is 8.41. The second-order valence-electron chi connectivity index (χ2n) is 6.14. The molecule has 0 radical (unpaired) electrons. The van der Waals surface area contributed by atoms with Crippen molar-refractivity contribution < 1.29 is 9.59 Å². The minimum Gasteiger partial charge on any atom is -0.351 e. The van der Waals surface area contributed by atoms with Crippen LogP contribution in [0.25, 0.3) is 10.1 Å². The summed E-state index contributed by atoms with van der Waals surface area (Å²) in [6.07, 6.45) is 2.52. The molecule has 0 saturated carbocycles. The van der Waals surface area contributed by atoms with Gasteiger partial charge in [0.2, 0.25) is 11.8 Å². The summed E-state index contributed by atoms with van der Waals surface area (Å²) in [4.78, 5) is 24.4. The molecular weight excluding hydrogens is 296 g/mol. The van der Waals surface area contributed by atoms with Crippen molar-refractivity contribution in [1.82, 2.24) is 10.6 Å². The zero-order valence-electron chi connectivity index (χ0n) is 12.6. The highest BCUT2D eigenvalue weighted by Gasteiger charge is 2.32. The van der Waals surface area contributed by atoms with Crippen LogP contribution >= 0.6 is 11.3 Å². The SMILES string of the molecule is CC1(CCC(=O)NCc2cc3ccccc3s2)CCC(=O)N1. The number of carbonyl (C=O) groups is 2. The number of rotatable bonds is 5. The molecule has 116 valence electrons. The van der Waals surface area contributed by atoms with Gasteiger partial charge >= 0.3 is 0 Å². The topological polar surface area (TPSA) is 58.2 Å². The quantitative estimate of drug-likeness (QED) is 0.891. The number of amides is 2. The van der Waals surface area contributed by atoms with E-state index >= 15 is 0 Å². The van der Waals surface area contributed by atoms with Gasteiger partial charge in [-0.2, -0.15) is 0 Å². The molecule has 2 N–H and O–H groups in total. The molecule has 0 spiro atoms. The molecule has 1 aliphatic heterocycles. The molecule has 0 aliphatic carbocycles. The van der Waals surface area contributed by atoms with Gasteiger partial charge in [-0.25, -0.2) is 0 Å². The van der Waals surface area contributed by atoms with Crippen molar-refractivity contribution in [3.8, 4) is 0 Å². The van der Waals surface area contributed by atoms with Gasteiger partial charge in [-0.1, -0.05) is 18.2 Å². The van der Waals surface area contributed by atoms with Crippen LogP contribution in [0.1, 0.15) is 37.5 Å². The van der Waals surface area contributed by atoms with E-state index in [-0.39, 0.29) is 17.4 Å². The maximum atomic E-state index is 12.0. The number of hydrogen-bond acceptors (Lipinski definition) is 3. The Kier molecular flexibility index (Phi) is 4.16. The first kappa shape index (κ1) is 15.0.